The fourth-order valence-corrected chi connectivity index (χ4v) is 4.56. The third kappa shape index (κ3) is 4.71. The van der Waals surface area contributed by atoms with Crippen LogP contribution in [0.1, 0.15) is 16.1 Å². The van der Waals surface area contributed by atoms with E-state index in [0.29, 0.717) is 11.6 Å². The van der Waals surface area contributed by atoms with Gasteiger partial charge < -0.3 is 14.8 Å². The van der Waals surface area contributed by atoms with Gasteiger partial charge in [0.15, 0.2) is 16.6 Å². The summed E-state index contributed by atoms with van der Waals surface area (Å²) in [4.78, 5) is 28.8. The number of hydrogen-bond acceptors (Lipinski definition) is 8. The van der Waals surface area contributed by atoms with Gasteiger partial charge in [0.1, 0.15) is 0 Å². The number of aryl methyl sites for hydroxylation is 1. The topological polar surface area (TPSA) is 104 Å². The van der Waals surface area contributed by atoms with Crippen molar-refractivity contribution in [2.45, 2.75) is 18.2 Å². The zero-order chi connectivity index (χ0) is 21.1. The predicted octanol–water partition coefficient (Wildman–Crippen LogP) is 4.41. The van der Waals surface area contributed by atoms with E-state index in [1.54, 1.807) is 12.1 Å². The molecule has 4 rings (SSSR count). The Kier molecular flexibility index (Phi) is 5.86. The average Bonchev–Trinajstić information content (AvgIpc) is 3.32. The van der Waals surface area contributed by atoms with Gasteiger partial charge in [-0.3, -0.25) is 14.9 Å². The molecule has 1 N–H and O–H groups in total. The third-order valence-electron chi connectivity index (χ3n) is 4.36. The molecule has 0 saturated heterocycles. The van der Waals surface area contributed by atoms with Gasteiger partial charge in [-0.1, -0.05) is 6.07 Å². The highest BCUT2D eigenvalue weighted by atomic mass is 32.2. The van der Waals surface area contributed by atoms with Crippen LogP contribution in [0.4, 0.5) is 10.8 Å². The van der Waals surface area contributed by atoms with E-state index in [2.05, 4.69) is 10.3 Å². The van der Waals surface area contributed by atoms with E-state index in [9.17, 15) is 14.9 Å². The highest BCUT2D eigenvalue weighted by Crippen LogP contribution is 2.34. The van der Waals surface area contributed by atoms with Crippen molar-refractivity contribution in [3.05, 3.63) is 68.7 Å². The van der Waals surface area contributed by atoms with Crippen molar-refractivity contribution in [1.29, 1.82) is 0 Å². The molecule has 0 radical (unpaired) electrons. The molecule has 1 aliphatic heterocycles. The summed E-state index contributed by atoms with van der Waals surface area (Å²) < 4.78 is 10.8. The van der Waals surface area contributed by atoms with Crippen molar-refractivity contribution >= 4 is 39.8 Å². The Morgan fingerprint density at radius 2 is 2.00 bits per heavy atom. The quantitative estimate of drug-likeness (QED) is 0.328. The molecule has 0 unspecified atom stereocenters. The minimum absolute atomic E-state index is 0.0250. The van der Waals surface area contributed by atoms with E-state index < -0.39 is 4.92 Å². The van der Waals surface area contributed by atoms with Crippen molar-refractivity contribution in [2.75, 3.05) is 17.9 Å². The van der Waals surface area contributed by atoms with Crippen LogP contribution in [-0.4, -0.2) is 28.4 Å². The van der Waals surface area contributed by atoms with Crippen LogP contribution in [0.15, 0.2) is 47.4 Å². The maximum atomic E-state index is 12.3. The lowest BCUT2D eigenvalue weighted by Crippen LogP contribution is -2.13. The molecule has 0 atom stereocenters. The van der Waals surface area contributed by atoms with Gasteiger partial charge in [0.05, 0.1) is 16.4 Å². The molecule has 0 fully saturated rings. The monoisotopic (exact) mass is 443 g/mol. The molecule has 1 aromatic heterocycles. The number of fused-ring (bicyclic) bond motifs is 1. The first-order valence-corrected chi connectivity index (χ1v) is 10.8. The van der Waals surface area contributed by atoms with Crippen molar-refractivity contribution in [1.82, 2.24) is 4.98 Å². The van der Waals surface area contributed by atoms with Crippen molar-refractivity contribution < 1.29 is 19.2 Å². The Bertz CT molecular complexity index is 1100. The van der Waals surface area contributed by atoms with Gasteiger partial charge >= 0.3 is 0 Å². The van der Waals surface area contributed by atoms with Crippen LogP contribution in [-0.2, 0) is 11.2 Å². The Hall–Kier alpha value is -3.11. The number of nitro benzene ring substituents is 1. The number of nitrogens with one attached hydrogen (secondary N) is 1. The number of aromatic nitrogens is 1. The molecule has 1 aliphatic rings. The SMILES string of the molecule is Cc1nc(NC(=O)CSc2ccc([N+](=O)[O-])cc2)sc1Cc1ccc2c(c1)OCO2. The van der Waals surface area contributed by atoms with Crippen LogP contribution in [0.2, 0.25) is 0 Å². The van der Waals surface area contributed by atoms with E-state index in [1.165, 1.54) is 35.2 Å². The molecule has 0 saturated carbocycles. The number of ether oxygens (including phenoxy) is 2. The summed E-state index contributed by atoms with van der Waals surface area (Å²) in [6, 6.07) is 12.0. The minimum Gasteiger partial charge on any atom is -0.454 e. The van der Waals surface area contributed by atoms with Crippen LogP contribution >= 0.6 is 23.1 Å². The molecule has 3 aromatic rings. The summed E-state index contributed by atoms with van der Waals surface area (Å²) in [7, 11) is 0. The largest absolute Gasteiger partial charge is 0.454 e. The van der Waals surface area contributed by atoms with Crippen LogP contribution in [0, 0.1) is 17.0 Å². The summed E-state index contributed by atoms with van der Waals surface area (Å²) in [6.07, 6.45) is 0.688. The Labute approximate surface area is 180 Å². The number of anilines is 1. The van der Waals surface area contributed by atoms with Gasteiger partial charge in [-0.15, -0.1) is 23.1 Å². The number of thiazole rings is 1. The standard InChI is InChI=1S/C20H17N3O5S2/c1-12-18(9-13-2-7-16-17(8-13)28-11-27-16)30-20(21-12)22-19(24)10-29-15-5-3-14(4-6-15)23(25)26/h2-8H,9-11H2,1H3,(H,21,22,24). The molecule has 0 aliphatic carbocycles. The summed E-state index contributed by atoms with van der Waals surface area (Å²) in [5.74, 6) is 1.50. The number of thioether (sulfide) groups is 1. The zero-order valence-electron chi connectivity index (χ0n) is 15.9. The van der Waals surface area contributed by atoms with E-state index >= 15 is 0 Å². The van der Waals surface area contributed by atoms with E-state index in [0.717, 1.165) is 32.5 Å². The van der Waals surface area contributed by atoms with Crippen LogP contribution in [0.5, 0.6) is 11.5 Å². The number of nitrogens with zero attached hydrogens (tertiary/aromatic N) is 2. The lowest BCUT2D eigenvalue weighted by molar-refractivity contribution is -0.384. The maximum absolute atomic E-state index is 12.3. The number of carbonyl (C=O) groups excluding carboxylic acids is 1. The Balaban J connectivity index is 1.33. The second kappa shape index (κ2) is 8.72. The molecule has 2 aromatic carbocycles. The number of rotatable bonds is 7. The van der Waals surface area contributed by atoms with Gasteiger partial charge in [0.25, 0.3) is 5.69 Å². The molecule has 10 heteroatoms. The third-order valence-corrected chi connectivity index (χ3v) is 6.44. The fraction of sp³-hybridized carbons (Fsp3) is 0.200. The van der Waals surface area contributed by atoms with Crippen LogP contribution in [0.25, 0.3) is 0 Å². The summed E-state index contributed by atoms with van der Waals surface area (Å²) in [5.41, 5.74) is 1.98. The second-order valence-electron chi connectivity index (χ2n) is 6.48. The number of hydrogen-bond donors (Lipinski definition) is 1. The minimum atomic E-state index is -0.451. The predicted molar refractivity (Wildman–Crippen MR) is 115 cm³/mol. The van der Waals surface area contributed by atoms with Crippen LogP contribution in [0.3, 0.4) is 0 Å². The van der Waals surface area contributed by atoms with Crippen molar-refractivity contribution in [3.63, 3.8) is 0 Å². The average molecular weight is 444 g/mol. The number of benzene rings is 2. The number of carbonyl (C=O) groups is 1. The molecule has 1 amide bonds. The molecular weight excluding hydrogens is 426 g/mol. The highest BCUT2D eigenvalue weighted by Gasteiger charge is 2.16. The first-order chi connectivity index (χ1) is 14.5. The van der Waals surface area contributed by atoms with Crippen molar-refractivity contribution in [2.24, 2.45) is 0 Å². The normalized spacial score (nSPS) is 12.0. The lowest BCUT2D eigenvalue weighted by atomic mass is 10.1. The van der Waals surface area contributed by atoms with Gasteiger partial charge in [-0.25, -0.2) is 4.98 Å². The molecular formula is C20H17N3O5S2. The first kappa shape index (κ1) is 20.2. The summed E-state index contributed by atoms with van der Waals surface area (Å²) in [6.45, 7) is 2.16. The van der Waals surface area contributed by atoms with Crippen molar-refractivity contribution in [3.8, 4) is 11.5 Å². The van der Waals surface area contributed by atoms with Gasteiger partial charge in [0.2, 0.25) is 12.7 Å². The van der Waals surface area contributed by atoms with Gasteiger partial charge in [-0.2, -0.15) is 0 Å². The Morgan fingerprint density at radius 1 is 1.23 bits per heavy atom. The van der Waals surface area contributed by atoms with Crippen LogP contribution < -0.4 is 14.8 Å². The van der Waals surface area contributed by atoms with Gasteiger partial charge in [0, 0.05) is 28.3 Å². The second-order valence-corrected chi connectivity index (χ2v) is 8.61. The zero-order valence-corrected chi connectivity index (χ0v) is 17.5. The smallest absolute Gasteiger partial charge is 0.269 e. The molecule has 2 heterocycles. The number of nitro groups is 1. The molecule has 0 spiro atoms. The summed E-state index contributed by atoms with van der Waals surface area (Å²) in [5, 5.41) is 14.1. The summed E-state index contributed by atoms with van der Waals surface area (Å²) >= 11 is 2.75. The molecule has 0 bridgehead atoms. The highest BCUT2D eigenvalue weighted by molar-refractivity contribution is 8.00. The lowest BCUT2D eigenvalue weighted by Gasteiger charge is -2.02. The number of amides is 1. The fourth-order valence-electron chi connectivity index (χ4n) is 2.85. The number of non-ortho nitro benzene ring substituents is 1. The van der Waals surface area contributed by atoms with E-state index in [1.807, 2.05) is 25.1 Å². The first-order valence-electron chi connectivity index (χ1n) is 9.00. The molecule has 8 nitrogen and oxygen atoms in total. The van der Waals surface area contributed by atoms with Gasteiger partial charge in [-0.05, 0) is 36.8 Å². The van der Waals surface area contributed by atoms with E-state index in [-0.39, 0.29) is 24.1 Å². The maximum Gasteiger partial charge on any atom is 0.269 e. The molecule has 30 heavy (non-hydrogen) atoms. The Morgan fingerprint density at radius 3 is 2.77 bits per heavy atom. The molecule has 154 valence electrons. The van der Waals surface area contributed by atoms with E-state index in [4.69, 9.17) is 9.47 Å².